The number of thioether (sulfide) groups is 1. The molecule has 1 fully saturated rings. The van der Waals surface area contributed by atoms with Gasteiger partial charge in [0.1, 0.15) is 5.82 Å². The average Bonchev–Trinajstić information content (AvgIpc) is 3.13. The molecular weight excluding hydrogens is 452 g/mol. The number of anilines is 1. The zero-order chi connectivity index (χ0) is 23.9. The van der Waals surface area contributed by atoms with Crippen molar-refractivity contribution in [2.75, 3.05) is 17.6 Å². The number of rotatable bonds is 8. The lowest BCUT2D eigenvalue weighted by Gasteiger charge is -2.20. The molecule has 3 heterocycles. The lowest BCUT2D eigenvalue weighted by Crippen LogP contribution is -2.31. The number of amides is 2. The number of hydrogen-bond acceptors (Lipinski definition) is 7. The topological polar surface area (TPSA) is 110 Å². The molecule has 0 unspecified atom stereocenters. The molecule has 3 aromatic rings. The Morgan fingerprint density at radius 1 is 1.06 bits per heavy atom. The van der Waals surface area contributed by atoms with Crippen molar-refractivity contribution < 1.29 is 14.4 Å². The molecule has 176 valence electrons. The molecule has 0 atom stereocenters. The Balaban J connectivity index is 1.52. The number of carbonyl (C=O) groups is 3. The molecule has 1 aliphatic heterocycles. The standard InChI is InChI=1S/C24H26N6O3S/c1-17(31)18-9-4-5-10-19(18)26-22(32)16-34-24-28-27-21(30(24)20-11-6-7-13-25-20)15-29-14-8-2-3-12-23(29)33/h4-7,9-11,13H,2-3,8,12,14-16H2,1H3,(H,26,32). The summed E-state index contributed by atoms with van der Waals surface area (Å²) in [6.07, 6.45) is 5.13. The van der Waals surface area contributed by atoms with Crippen LogP contribution in [0.4, 0.5) is 5.69 Å². The van der Waals surface area contributed by atoms with Crippen molar-refractivity contribution >= 4 is 35.0 Å². The highest BCUT2D eigenvalue weighted by molar-refractivity contribution is 7.99. The van der Waals surface area contributed by atoms with Crippen LogP contribution in [0.15, 0.2) is 53.8 Å². The van der Waals surface area contributed by atoms with Crippen LogP contribution in [0.3, 0.4) is 0 Å². The van der Waals surface area contributed by atoms with E-state index in [4.69, 9.17) is 0 Å². The monoisotopic (exact) mass is 478 g/mol. The van der Waals surface area contributed by atoms with Crippen molar-refractivity contribution in [3.8, 4) is 5.82 Å². The molecule has 34 heavy (non-hydrogen) atoms. The molecule has 1 N–H and O–H groups in total. The molecule has 1 saturated heterocycles. The van der Waals surface area contributed by atoms with E-state index in [1.54, 1.807) is 35.0 Å². The molecule has 2 amide bonds. The van der Waals surface area contributed by atoms with E-state index in [1.165, 1.54) is 18.7 Å². The summed E-state index contributed by atoms with van der Waals surface area (Å²) in [5, 5.41) is 11.9. The van der Waals surface area contributed by atoms with Gasteiger partial charge in [0.2, 0.25) is 11.8 Å². The van der Waals surface area contributed by atoms with Crippen LogP contribution in [0.1, 0.15) is 48.8 Å². The first kappa shape index (κ1) is 23.6. The fourth-order valence-corrected chi connectivity index (χ4v) is 4.56. The van der Waals surface area contributed by atoms with Gasteiger partial charge in [-0.1, -0.05) is 36.4 Å². The fourth-order valence-electron chi connectivity index (χ4n) is 3.80. The maximum Gasteiger partial charge on any atom is 0.234 e. The summed E-state index contributed by atoms with van der Waals surface area (Å²) in [7, 11) is 0. The van der Waals surface area contributed by atoms with Crippen LogP contribution in [0.5, 0.6) is 0 Å². The van der Waals surface area contributed by atoms with E-state index >= 15 is 0 Å². The van der Waals surface area contributed by atoms with Crippen LogP contribution in [-0.4, -0.2) is 54.5 Å². The van der Waals surface area contributed by atoms with Crippen LogP contribution in [-0.2, 0) is 16.1 Å². The van der Waals surface area contributed by atoms with Crippen molar-refractivity contribution in [3.63, 3.8) is 0 Å². The van der Waals surface area contributed by atoms with Gasteiger partial charge in [0, 0.05) is 24.7 Å². The van der Waals surface area contributed by atoms with Gasteiger partial charge < -0.3 is 10.2 Å². The summed E-state index contributed by atoms with van der Waals surface area (Å²) in [5.74, 6) is 1.02. The molecule has 1 aromatic carbocycles. The van der Waals surface area contributed by atoms with Crippen LogP contribution in [0.2, 0.25) is 0 Å². The Hall–Kier alpha value is -3.53. The van der Waals surface area contributed by atoms with E-state index in [1.807, 2.05) is 23.1 Å². The number of Topliss-reactive ketones (excluding diaryl/α,β-unsaturated/α-hetero) is 1. The lowest BCUT2D eigenvalue weighted by atomic mass is 10.1. The molecule has 2 aromatic heterocycles. The number of nitrogens with zero attached hydrogens (tertiary/aromatic N) is 5. The Morgan fingerprint density at radius 3 is 2.68 bits per heavy atom. The van der Waals surface area contributed by atoms with Gasteiger partial charge in [-0.05, 0) is 44.0 Å². The summed E-state index contributed by atoms with van der Waals surface area (Å²) in [5.41, 5.74) is 0.939. The summed E-state index contributed by atoms with van der Waals surface area (Å²) >= 11 is 1.22. The summed E-state index contributed by atoms with van der Waals surface area (Å²) in [6.45, 7) is 2.49. The average molecular weight is 479 g/mol. The summed E-state index contributed by atoms with van der Waals surface area (Å²) in [6, 6.07) is 12.4. The van der Waals surface area contributed by atoms with Crippen molar-refractivity contribution in [2.24, 2.45) is 0 Å². The first-order chi connectivity index (χ1) is 16.5. The van der Waals surface area contributed by atoms with Gasteiger partial charge in [-0.3, -0.25) is 19.0 Å². The van der Waals surface area contributed by atoms with Crippen LogP contribution in [0.25, 0.3) is 5.82 Å². The number of likely N-dealkylation sites (tertiary alicyclic amines) is 1. The second-order valence-electron chi connectivity index (χ2n) is 7.99. The SMILES string of the molecule is CC(=O)c1ccccc1NC(=O)CSc1nnc(CN2CCCCCC2=O)n1-c1ccccn1. The lowest BCUT2D eigenvalue weighted by molar-refractivity contribution is -0.131. The number of para-hydroxylation sites is 1. The van der Waals surface area contributed by atoms with Gasteiger partial charge in [0.25, 0.3) is 0 Å². The third-order valence-corrected chi connectivity index (χ3v) is 6.42. The normalized spacial score (nSPS) is 14.0. The first-order valence-electron chi connectivity index (χ1n) is 11.2. The van der Waals surface area contributed by atoms with E-state index in [0.717, 1.165) is 19.3 Å². The number of hydrogen-bond donors (Lipinski definition) is 1. The van der Waals surface area contributed by atoms with E-state index in [2.05, 4.69) is 20.5 Å². The van der Waals surface area contributed by atoms with E-state index in [9.17, 15) is 14.4 Å². The third kappa shape index (κ3) is 5.69. The summed E-state index contributed by atoms with van der Waals surface area (Å²) in [4.78, 5) is 43.2. The Morgan fingerprint density at radius 2 is 1.88 bits per heavy atom. The van der Waals surface area contributed by atoms with Crippen molar-refractivity contribution in [2.45, 2.75) is 44.3 Å². The minimum Gasteiger partial charge on any atom is -0.335 e. The first-order valence-corrected chi connectivity index (χ1v) is 12.2. The largest absolute Gasteiger partial charge is 0.335 e. The fraction of sp³-hybridized carbons (Fsp3) is 0.333. The zero-order valence-electron chi connectivity index (χ0n) is 18.9. The third-order valence-electron chi connectivity index (χ3n) is 5.50. The molecule has 0 saturated carbocycles. The van der Waals surface area contributed by atoms with E-state index in [0.29, 0.717) is 47.6 Å². The van der Waals surface area contributed by atoms with Crippen LogP contribution < -0.4 is 5.32 Å². The van der Waals surface area contributed by atoms with E-state index in [-0.39, 0.29) is 23.4 Å². The molecular formula is C24H26N6O3S. The predicted molar refractivity (Wildman–Crippen MR) is 129 cm³/mol. The molecule has 1 aliphatic rings. The molecule has 0 aliphatic carbocycles. The van der Waals surface area contributed by atoms with Crippen molar-refractivity contribution in [3.05, 3.63) is 60.0 Å². The second-order valence-corrected chi connectivity index (χ2v) is 8.93. The molecule has 4 rings (SSSR count). The molecule has 0 radical (unpaired) electrons. The molecule has 9 nitrogen and oxygen atoms in total. The zero-order valence-corrected chi connectivity index (χ0v) is 19.8. The van der Waals surface area contributed by atoms with E-state index < -0.39 is 0 Å². The number of nitrogens with one attached hydrogen (secondary N) is 1. The molecule has 0 bridgehead atoms. The van der Waals surface area contributed by atoms with Crippen LogP contribution >= 0.6 is 11.8 Å². The smallest absolute Gasteiger partial charge is 0.234 e. The van der Waals surface area contributed by atoms with Gasteiger partial charge in [0.15, 0.2) is 16.8 Å². The number of pyridine rings is 1. The highest BCUT2D eigenvalue weighted by Gasteiger charge is 2.23. The molecule has 10 heteroatoms. The number of aromatic nitrogens is 4. The quantitative estimate of drug-likeness (QED) is 0.390. The van der Waals surface area contributed by atoms with Crippen molar-refractivity contribution in [1.29, 1.82) is 0 Å². The van der Waals surface area contributed by atoms with Crippen molar-refractivity contribution in [1.82, 2.24) is 24.6 Å². The highest BCUT2D eigenvalue weighted by Crippen LogP contribution is 2.24. The Labute approximate surface area is 202 Å². The van der Waals surface area contributed by atoms with Gasteiger partial charge in [-0.2, -0.15) is 0 Å². The summed E-state index contributed by atoms with van der Waals surface area (Å²) < 4.78 is 1.79. The van der Waals surface area contributed by atoms with Gasteiger partial charge >= 0.3 is 0 Å². The second kappa shape index (κ2) is 11.1. The highest BCUT2D eigenvalue weighted by atomic mass is 32.2. The Kier molecular flexibility index (Phi) is 7.69. The predicted octanol–water partition coefficient (Wildman–Crippen LogP) is 3.50. The number of benzene rings is 1. The maximum atomic E-state index is 12.6. The molecule has 0 spiro atoms. The van der Waals surface area contributed by atoms with Crippen LogP contribution in [0, 0.1) is 0 Å². The Bertz CT molecular complexity index is 1180. The maximum absolute atomic E-state index is 12.6. The van der Waals surface area contributed by atoms with Gasteiger partial charge in [-0.15, -0.1) is 10.2 Å². The minimum atomic E-state index is -0.265. The minimum absolute atomic E-state index is 0.0693. The van der Waals surface area contributed by atoms with Gasteiger partial charge in [0.05, 0.1) is 18.0 Å². The number of ketones is 1. The number of carbonyl (C=O) groups excluding carboxylic acids is 3. The van der Waals surface area contributed by atoms with Gasteiger partial charge in [-0.25, -0.2) is 4.98 Å².